The molecule has 0 radical (unpaired) electrons. The lowest BCUT2D eigenvalue weighted by molar-refractivity contribution is 0.101. The molecule has 3 aromatic rings. The van der Waals surface area contributed by atoms with Crippen LogP contribution in [0.15, 0.2) is 39.4 Å². The van der Waals surface area contributed by atoms with Gasteiger partial charge in [0.05, 0.1) is 5.69 Å². The van der Waals surface area contributed by atoms with E-state index in [1.807, 2.05) is 19.1 Å². The maximum absolute atomic E-state index is 12.2. The normalized spacial score (nSPS) is 10.8. The van der Waals surface area contributed by atoms with Crippen LogP contribution >= 0.6 is 31.9 Å². The number of fused-ring (bicyclic) bond motifs is 1. The molecule has 0 spiro atoms. The number of carbonyl (C=O) groups is 1. The highest BCUT2D eigenvalue weighted by Gasteiger charge is 2.15. The van der Waals surface area contributed by atoms with Crippen molar-refractivity contribution in [2.24, 2.45) is 0 Å². The summed E-state index contributed by atoms with van der Waals surface area (Å²) in [6.45, 7) is 1.87. The van der Waals surface area contributed by atoms with Gasteiger partial charge >= 0.3 is 0 Å². The third-order valence-corrected chi connectivity index (χ3v) is 3.96. The maximum Gasteiger partial charge on any atom is 0.295 e. The Bertz CT molecular complexity index is 846. The maximum atomic E-state index is 12.2. The van der Waals surface area contributed by atoms with Crippen LogP contribution in [0.4, 0.5) is 5.69 Å². The molecular weight excluding hydrogens is 402 g/mol. The predicted octanol–water partition coefficient (Wildman–Crippen LogP) is 3.21. The largest absolute Gasteiger partial charge is 0.318 e. The molecule has 0 saturated carbocycles. The first-order valence-electron chi connectivity index (χ1n) is 5.99. The summed E-state index contributed by atoms with van der Waals surface area (Å²) >= 11 is 6.75. The van der Waals surface area contributed by atoms with Gasteiger partial charge in [0.15, 0.2) is 0 Å². The number of anilines is 1. The number of hydrogen-bond acceptors (Lipinski definition) is 4. The molecule has 0 atom stereocenters. The van der Waals surface area contributed by atoms with Gasteiger partial charge in [-0.15, -0.1) is 5.10 Å². The highest BCUT2D eigenvalue weighted by atomic mass is 79.9. The predicted molar refractivity (Wildman–Crippen MR) is 85.3 cm³/mol. The van der Waals surface area contributed by atoms with E-state index in [2.05, 4.69) is 52.2 Å². The molecule has 0 unspecified atom stereocenters. The molecule has 0 saturated heterocycles. The van der Waals surface area contributed by atoms with Gasteiger partial charge in [0.2, 0.25) is 5.82 Å². The quantitative estimate of drug-likeness (QED) is 0.704. The smallest absolute Gasteiger partial charge is 0.295 e. The summed E-state index contributed by atoms with van der Waals surface area (Å²) < 4.78 is 3.22. The summed E-state index contributed by atoms with van der Waals surface area (Å²) in [5, 5.41) is 6.92. The first-order chi connectivity index (χ1) is 10.0. The van der Waals surface area contributed by atoms with E-state index in [1.165, 1.54) is 4.52 Å². The monoisotopic (exact) mass is 409 g/mol. The van der Waals surface area contributed by atoms with Crippen molar-refractivity contribution in [3.8, 4) is 0 Å². The second-order valence-corrected chi connectivity index (χ2v) is 6.08. The van der Waals surface area contributed by atoms with E-state index >= 15 is 0 Å². The molecule has 6 nitrogen and oxygen atoms in total. The number of benzene rings is 1. The minimum atomic E-state index is -0.386. The number of carbonyl (C=O) groups excluding carboxylic acids is 1. The molecule has 1 aromatic carbocycles. The van der Waals surface area contributed by atoms with Crippen molar-refractivity contribution < 1.29 is 4.79 Å². The Labute approximate surface area is 136 Å². The fraction of sp³-hybridized carbons (Fsp3) is 0.0769. The standard InChI is InChI=1S/C13H9Br2N5O/c1-7-4-5-16-13-18-11(19-20(7)13)12(21)17-10-3-2-8(14)6-9(10)15/h2-6H,1H3,(H,17,21). The minimum Gasteiger partial charge on any atom is -0.318 e. The molecule has 21 heavy (non-hydrogen) atoms. The van der Waals surface area contributed by atoms with Crippen molar-refractivity contribution in [3.05, 3.63) is 50.9 Å². The van der Waals surface area contributed by atoms with Gasteiger partial charge in [0.1, 0.15) is 0 Å². The Kier molecular flexibility index (Phi) is 3.73. The van der Waals surface area contributed by atoms with E-state index < -0.39 is 0 Å². The zero-order chi connectivity index (χ0) is 15.0. The fourth-order valence-corrected chi connectivity index (χ4v) is 2.92. The molecule has 3 rings (SSSR count). The van der Waals surface area contributed by atoms with E-state index in [0.29, 0.717) is 11.5 Å². The lowest BCUT2D eigenvalue weighted by Crippen LogP contribution is -2.14. The van der Waals surface area contributed by atoms with Gasteiger partial charge in [-0.25, -0.2) is 9.50 Å². The van der Waals surface area contributed by atoms with Crippen molar-refractivity contribution in [3.63, 3.8) is 0 Å². The third-order valence-electron chi connectivity index (χ3n) is 2.81. The lowest BCUT2D eigenvalue weighted by Gasteiger charge is -2.05. The number of aromatic nitrogens is 4. The number of halogens is 2. The van der Waals surface area contributed by atoms with E-state index in [9.17, 15) is 4.79 Å². The molecule has 2 heterocycles. The van der Waals surface area contributed by atoms with Crippen molar-refractivity contribution in [1.82, 2.24) is 19.6 Å². The topological polar surface area (TPSA) is 72.2 Å². The summed E-state index contributed by atoms with van der Waals surface area (Å²) in [5.74, 6) is 0.0876. The molecule has 1 amide bonds. The van der Waals surface area contributed by atoms with Crippen LogP contribution in [-0.4, -0.2) is 25.5 Å². The second kappa shape index (κ2) is 5.53. The van der Waals surface area contributed by atoms with E-state index in [0.717, 1.165) is 14.6 Å². The van der Waals surface area contributed by atoms with Gasteiger partial charge in [-0.2, -0.15) is 4.98 Å². The molecule has 0 bridgehead atoms. The van der Waals surface area contributed by atoms with Gasteiger partial charge < -0.3 is 5.32 Å². The van der Waals surface area contributed by atoms with Crippen molar-refractivity contribution in [1.29, 1.82) is 0 Å². The average molecular weight is 411 g/mol. The highest BCUT2D eigenvalue weighted by molar-refractivity contribution is 9.11. The molecular formula is C13H9Br2N5O. The Hall–Kier alpha value is -1.80. The number of hydrogen-bond donors (Lipinski definition) is 1. The first-order valence-corrected chi connectivity index (χ1v) is 7.58. The Morgan fingerprint density at radius 2 is 2.10 bits per heavy atom. The van der Waals surface area contributed by atoms with Crippen molar-refractivity contribution >= 4 is 49.2 Å². The van der Waals surface area contributed by atoms with Gasteiger partial charge in [0.25, 0.3) is 11.7 Å². The Balaban J connectivity index is 1.92. The molecule has 0 aliphatic carbocycles. The molecule has 0 fully saturated rings. The van der Waals surface area contributed by atoms with Crippen molar-refractivity contribution in [2.45, 2.75) is 6.92 Å². The summed E-state index contributed by atoms with van der Waals surface area (Å²) in [5.41, 5.74) is 1.50. The molecule has 106 valence electrons. The lowest BCUT2D eigenvalue weighted by atomic mass is 10.3. The zero-order valence-electron chi connectivity index (χ0n) is 10.8. The van der Waals surface area contributed by atoms with Gasteiger partial charge in [-0.1, -0.05) is 15.9 Å². The molecule has 8 heteroatoms. The van der Waals surface area contributed by atoms with Crippen LogP contribution in [0.3, 0.4) is 0 Å². The number of nitrogens with one attached hydrogen (secondary N) is 1. The van der Waals surface area contributed by atoms with Crippen LogP contribution in [0.5, 0.6) is 0 Å². The van der Waals surface area contributed by atoms with Crippen LogP contribution in [0.25, 0.3) is 5.78 Å². The Morgan fingerprint density at radius 1 is 1.29 bits per heavy atom. The van der Waals surface area contributed by atoms with Crippen LogP contribution in [0, 0.1) is 6.92 Å². The summed E-state index contributed by atoms with van der Waals surface area (Å²) in [7, 11) is 0. The summed E-state index contributed by atoms with van der Waals surface area (Å²) in [4.78, 5) is 20.4. The third kappa shape index (κ3) is 2.81. The van der Waals surface area contributed by atoms with Gasteiger partial charge in [0, 0.05) is 20.8 Å². The van der Waals surface area contributed by atoms with Gasteiger partial charge in [-0.3, -0.25) is 4.79 Å². The molecule has 0 aliphatic rings. The minimum absolute atomic E-state index is 0.0756. The number of amides is 1. The fourth-order valence-electron chi connectivity index (χ4n) is 1.77. The highest BCUT2D eigenvalue weighted by Crippen LogP contribution is 2.26. The van der Waals surface area contributed by atoms with Crippen LogP contribution < -0.4 is 5.32 Å². The van der Waals surface area contributed by atoms with E-state index in [4.69, 9.17) is 0 Å². The van der Waals surface area contributed by atoms with Gasteiger partial charge in [-0.05, 0) is 47.1 Å². The van der Waals surface area contributed by atoms with Crippen molar-refractivity contribution in [2.75, 3.05) is 5.32 Å². The molecule has 2 aromatic heterocycles. The molecule has 1 N–H and O–H groups in total. The zero-order valence-corrected chi connectivity index (χ0v) is 14.0. The average Bonchev–Trinajstić information content (AvgIpc) is 2.87. The second-order valence-electron chi connectivity index (χ2n) is 4.31. The Morgan fingerprint density at radius 3 is 2.81 bits per heavy atom. The SMILES string of the molecule is Cc1ccnc2nc(C(=O)Nc3ccc(Br)cc3Br)nn12. The first kappa shape index (κ1) is 14.2. The molecule has 0 aliphatic heterocycles. The van der Waals surface area contributed by atoms with Crippen LogP contribution in [0.2, 0.25) is 0 Å². The van der Waals surface area contributed by atoms with Crippen LogP contribution in [0.1, 0.15) is 16.3 Å². The van der Waals surface area contributed by atoms with E-state index in [1.54, 1.807) is 18.3 Å². The summed E-state index contributed by atoms with van der Waals surface area (Å²) in [6.07, 6.45) is 1.63. The van der Waals surface area contributed by atoms with Crippen LogP contribution in [-0.2, 0) is 0 Å². The summed E-state index contributed by atoms with van der Waals surface area (Å²) in [6, 6.07) is 7.27. The van der Waals surface area contributed by atoms with E-state index in [-0.39, 0.29) is 11.7 Å². The number of nitrogens with zero attached hydrogens (tertiary/aromatic N) is 4. The number of rotatable bonds is 2. The number of aryl methyl sites for hydroxylation is 1.